The zero-order valence-corrected chi connectivity index (χ0v) is 20.4. The third-order valence-electron chi connectivity index (χ3n) is 6.68. The Morgan fingerprint density at radius 1 is 1.00 bits per heavy atom. The van der Waals surface area contributed by atoms with Gasteiger partial charge in [0.25, 0.3) is 11.8 Å². The monoisotopic (exact) mass is 523 g/mol. The molecular formula is C28H24F3N3O4. The standard InChI is InChI=1S/C28H24F3N3O4/c1-2-38-24-9-4-3-8-20(24)26(36)33-12-13-34-23(16-33)25(35)32-22-11-10-18(15-21(22)27(34)37)17-6-5-7-19(14-17)28(29,30)31/h3-11,14-15,23H,2,12-13,16H2,1H3,(H,32,35). The number of benzene rings is 3. The van der Waals surface area contributed by atoms with E-state index in [2.05, 4.69) is 5.32 Å². The van der Waals surface area contributed by atoms with Crippen molar-refractivity contribution in [2.75, 3.05) is 31.6 Å². The molecule has 196 valence electrons. The highest BCUT2D eigenvalue weighted by molar-refractivity contribution is 6.11. The number of hydrogen-bond donors (Lipinski definition) is 1. The van der Waals surface area contributed by atoms with Gasteiger partial charge < -0.3 is 19.9 Å². The summed E-state index contributed by atoms with van der Waals surface area (Å²) in [7, 11) is 0. The summed E-state index contributed by atoms with van der Waals surface area (Å²) in [5.41, 5.74) is 0.735. The molecule has 0 aliphatic carbocycles. The smallest absolute Gasteiger partial charge is 0.416 e. The molecule has 0 radical (unpaired) electrons. The van der Waals surface area contributed by atoms with Gasteiger partial charge in [-0.1, -0.05) is 30.3 Å². The van der Waals surface area contributed by atoms with Crippen molar-refractivity contribution in [2.45, 2.75) is 19.1 Å². The largest absolute Gasteiger partial charge is 0.493 e. The number of rotatable bonds is 4. The minimum atomic E-state index is -4.50. The lowest BCUT2D eigenvalue weighted by molar-refractivity contribution is -0.137. The van der Waals surface area contributed by atoms with E-state index in [-0.39, 0.29) is 36.8 Å². The highest BCUT2D eigenvalue weighted by Gasteiger charge is 2.41. The molecule has 7 nitrogen and oxygen atoms in total. The van der Waals surface area contributed by atoms with E-state index in [4.69, 9.17) is 4.74 Å². The molecule has 10 heteroatoms. The molecule has 5 rings (SSSR count). The first-order valence-electron chi connectivity index (χ1n) is 12.1. The summed E-state index contributed by atoms with van der Waals surface area (Å²) < 4.78 is 45.2. The Kier molecular flexibility index (Phi) is 6.56. The number of para-hydroxylation sites is 1. The first-order chi connectivity index (χ1) is 18.2. The fourth-order valence-corrected chi connectivity index (χ4v) is 4.79. The van der Waals surface area contributed by atoms with Crippen LogP contribution < -0.4 is 10.1 Å². The number of piperazine rings is 1. The molecule has 1 saturated heterocycles. The van der Waals surface area contributed by atoms with Gasteiger partial charge in [-0.15, -0.1) is 0 Å². The van der Waals surface area contributed by atoms with Crippen LogP contribution in [0.5, 0.6) is 5.75 Å². The van der Waals surface area contributed by atoms with Gasteiger partial charge in [-0.2, -0.15) is 13.2 Å². The van der Waals surface area contributed by atoms with E-state index in [1.54, 1.807) is 30.3 Å². The summed E-state index contributed by atoms with van der Waals surface area (Å²) in [5.74, 6) is -0.737. The summed E-state index contributed by atoms with van der Waals surface area (Å²) in [6.45, 7) is 2.52. The van der Waals surface area contributed by atoms with Gasteiger partial charge in [-0.05, 0) is 54.4 Å². The molecule has 38 heavy (non-hydrogen) atoms. The fourth-order valence-electron chi connectivity index (χ4n) is 4.79. The van der Waals surface area contributed by atoms with E-state index >= 15 is 0 Å². The Bertz CT molecular complexity index is 1420. The van der Waals surface area contributed by atoms with Gasteiger partial charge >= 0.3 is 6.18 Å². The molecule has 0 aromatic heterocycles. The second kappa shape index (κ2) is 9.85. The van der Waals surface area contributed by atoms with Crippen molar-refractivity contribution < 1.29 is 32.3 Å². The molecule has 2 aliphatic heterocycles. The van der Waals surface area contributed by atoms with E-state index in [1.807, 2.05) is 6.92 Å². The van der Waals surface area contributed by atoms with Crippen LogP contribution in [-0.2, 0) is 11.0 Å². The average molecular weight is 524 g/mol. The zero-order valence-electron chi connectivity index (χ0n) is 20.4. The van der Waals surface area contributed by atoms with Crippen LogP contribution in [-0.4, -0.2) is 59.8 Å². The van der Waals surface area contributed by atoms with Crippen molar-refractivity contribution in [1.82, 2.24) is 9.80 Å². The Labute approximate surface area is 216 Å². The Hall–Kier alpha value is -4.34. The highest BCUT2D eigenvalue weighted by Crippen LogP contribution is 2.34. The van der Waals surface area contributed by atoms with Gasteiger partial charge in [0.15, 0.2) is 0 Å². The van der Waals surface area contributed by atoms with Crippen LogP contribution in [0.4, 0.5) is 18.9 Å². The number of nitrogens with one attached hydrogen (secondary N) is 1. The van der Waals surface area contributed by atoms with Gasteiger partial charge in [0, 0.05) is 13.1 Å². The number of halogens is 3. The van der Waals surface area contributed by atoms with Gasteiger partial charge in [-0.3, -0.25) is 14.4 Å². The third-order valence-corrected chi connectivity index (χ3v) is 6.68. The van der Waals surface area contributed by atoms with Crippen LogP contribution in [0, 0.1) is 0 Å². The number of carbonyl (C=O) groups excluding carboxylic acids is 3. The Balaban J connectivity index is 1.42. The zero-order chi connectivity index (χ0) is 27.0. The van der Waals surface area contributed by atoms with E-state index in [1.165, 1.54) is 34.1 Å². The maximum Gasteiger partial charge on any atom is 0.416 e. The van der Waals surface area contributed by atoms with Crippen LogP contribution >= 0.6 is 0 Å². The third kappa shape index (κ3) is 4.69. The topological polar surface area (TPSA) is 79.0 Å². The molecule has 3 aromatic carbocycles. The van der Waals surface area contributed by atoms with Gasteiger partial charge in [0.1, 0.15) is 11.8 Å². The second-order valence-electron chi connectivity index (χ2n) is 9.02. The number of amides is 3. The normalized spacial score (nSPS) is 17.3. The number of alkyl halides is 3. The van der Waals surface area contributed by atoms with Gasteiger partial charge in [-0.25, -0.2) is 0 Å². The first-order valence-corrected chi connectivity index (χ1v) is 12.1. The maximum atomic E-state index is 13.5. The summed E-state index contributed by atoms with van der Waals surface area (Å²) in [6.07, 6.45) is -4.50. The van der Waals surface area contributed by atoms with Crippen molar-refractivity contribution in [3.8, 4) is 16.9 Å². The molecule has 3 aromatic rings. The molecule has 2 heterocycles. The van der Waals surface area contributed by atoms with Crippen molar-refractivity contribution in [3.05, 3.63) is 83.4 Å². The highest BCUT2D eigenvalue weighted by atomic mass is 19.4. The van der Waals surface area contributed by atoms with Crippen LogP contribution in [0.1, 0.15) is 33.2 Å². The molecular weight excluding hydrogens is 499 g/mol. The van der Waals surface area contributed by atoms with Crippen LogP contribution in [0.15, 0.2) is 66.7 Å². The Morgan fingerprint density at radius 3 is 2.53 bits per heavy atom. The number of nitrogens with zero attached hydrogens (tertiary/aromatic N) is 2. The Morgan fingerprint density at radius 2 is 1.76 bits per heavy atom. The summed E-state index contributed by atoms with van der Waals surface area (Å²) in [4.78, 5) is 42.9. The molecule has 1 fully saturated rings. The minimum Gasteiger partial charge on any atom is -0.493 e. The van der Waals surface area contributed by atoms with E-state index < -0.39 is 29.6 Å². The molecule has 0 spiro atoms. The summed E-state index contributed by atoms with van der Waals surface area (Å²) in [6, 6.07) is 15.3. The lowest BCUT2D eigenvalue weighted by Gasteiger charge is -2.39. The van der Waals surface area contributed by atoms with E-state index in [9.17, 15) is 27.6 Å². The molecule has 1 unspecified atom stereocenters. The first kappa shape index (κ1) is 25.3. The molecule has 3 amide bonds. The summed E-state index contributed by atoms with van der Waals surface area (Å²) in [5, 5.41) is 2.75. The molecule has 1 N–H and O–H groups in total. The summed E-state index contributed by atoms with van der Waals surface area (Å²) >= 11 is 0. The average Bonchev–Trinajstić information content (AvgIpc) is 3.02. The van der Waals surface area contributed by atoms with Crippen LogP contribution in [0.3, 0.4) is 0 Å². The SMILES string of the molecule is CCOc1ccccc1C(=O)N1CCN2C(=O)c3cc(-c4cccc(C(F)(F)F)c4)ccc3NC(=O)C2C1. The molecule has 2 aliphatic rings. The van der Waals surface area contributed by atoms with Crippen molar-refractivity contribution in [1.29, 1.82) is 0 Å². The lowest BCUT2D eigenvalue weighted by atomic mass is 9.99. The number of carbonyl (C=O) groups is 3. The van der Waals surface area contributed by atoms with Crippen molar-refractivity contribution >= 4 is 23.4 Å². The number of anilines is 1. The predicted octanol–water partition coefficient (Wildman–Crippen LogP) is 4.69. The number of ether oxygens (including phenoxy) is 1. The van der Waals surface area contributed by atoms with Crippen LogP contribution in [0.25, 0.3) is 11.1 Å². The fraction of sp³-hybridized carbons (Fsp3) is 0.250. The van der Waals surface area contributed by atoms with E-state index in [0.29, 0.717) is 29.0 Å². The van der Waals surface area contributed by atoms with Crippen molar-refractivity contribution in [2.24, 2.45) is 0 Å². The number of hydrogen-bond acceptors (Lipinski definition) is 4. The second-order valence-corrected chi connectivity index (χ2v) is 9.02. The molecule has 0 bridgehead atoms. The predicted molar refractivity (Wildman–Crippen MR) is 134 cm³/mol. The quantitative estimate of drug-likeness (QED) is 0.538. The van der Waals surface area contributed by atoms with Gasteiger partial charge in [0.2, 0.25) is 5.91 Å². The molecule has 0 saturated carbocycles. The van der Waals surface area contributed by atoms with Crippen molar-refractivity contribution in [3.63, 3.8) is 0 Å². The van der Waals surface area contributed by atoms with Crippen LogP contribution in [0.2, 0.25) is 0 Å². The molecule has 1 atom stereocenters. The minimum absolute atomic E-state index is 0.00859. The van der Waals surface area contributed by atoms with E-state index in [0.717, 1.165) is 12.1 Å². The van der Waals surface area contributed by atoms with Gasteiger partial charge in [0.05, 0.1) is 35.5 Å². The lowest BCUT2D eigenvalue weighted by Crippen LogP contribution is -2.59. The number of fused-ring (bicyclic) bond motifs is 2. The maximum absolute atomic E-state index is 13.5.